The van der Waals surface area contributed by atoms with Crippen LogP contribution in [0.5, 0.6) is 0 Å². The van der Waals surface area contributed by atoms with Crippen LogP contribution in [0.2, 0.25) is 5.15 Å². The van der Waals surface area contributed by atoms with Gasteiger partial charge in [-0.15, -0.1) is 0 Å². The van der Waals surface area contributed by atoms with Gasteiger partial charge in [0.05, 0.1) is 17.4 Å². The first-order valence-corrected chi connectivity index (χ1v) is 10.1. The molecule has 1 atom stereocenters. The van der Waals surface area contributed by atoms with Crippen LogP contribution in [0, 0.1) is 5.41 Å². The van der Waals surface area contributed by atoms with Crippen molar-refractivity contribution in [3.8, 4) is 0 Å². The number of hydrogen-bond donors (Lipinski definition) is 3. The van der Waals surface area contributed by atoms with Crippen LogP contribution >= 0.6 is 11.6 Å². The standard InChI is InChI=1S/C21H28ClN5O/c1-21(2,3)11-19(28)26-16-7-9-18(27-20(16)15-5-4-10-23-15)25-13-14-6-8-17(22)24-12-14/h6-9,12,15,23H,4-5,10-11,13H2,1-3H3,(H,25,27)(H,26,28). The van der Waals surface area contributed by atoms with Gasteiger partial charge in [-0.1, -0.05) is 38.4 Å². The van der Waals surface area contributed by atoms with Gasteiger partial charge in [0.25, 0.3) is 0 Å². The predicted octanol–water partition coefficient (Wildman–Crippen LogP) is 4.54. The highest BCUT2D eigenvalue weighted by Crippen LogP contribution is 2.30. The van der Waals surface area contributed by atoms with E-state index in [1.165, 1.54) is 0 Å². The lowest BCUT2D eigenvalue weighted by Gasteiger charge is -2.20. The van der Waals surface area contributed by atoms with Crippen LogP contribution in [0.3, 0.4) is 0 Å². The number of amides is 1. The largest absolute Gasteiger partial charge is 0.366 e. The van der Waals surface area contributed by atoms with Crippen LogP contribution in [-0.4, -0.2) is 22.4 Å². The summed E-state index contributed by atoms with van der Waals surface area (Å²) in [7, 11) is 0. The first-order chi connectivity index (χ1) is 13.3. The molecule has 3 rings (SSSR count). The Morgan fingerprint density at radius 1 is 1.29 bits per heavy atom. The van der Waals surface area contributed by atoms with E-state index in [1.807, 2.05) is 18.2 Å². The summed E-state index contributed by atoms with van der Waals surface area (Å²) >= 11 is 5.84. The molecule has 0 bridgehead atoms. The van der Waals surface area contributed by atoms with Gasteiger partial charge in [0.2, 0.25) is 5.91 Å². The number of halogens is 1. The average molecular weight is 402 g/mol. The lowest BCUT2D eigenvalue weighted by atomic mass is 9.92. The lowest BCUT2D eigenvalue weighted by Crippen LogP contribution is -2.23. The molecule has 0 spiro atoms. The molecule has 1 fully saturated rings. The highest BCUT2D eigenvalue weighted by molar-refractivity contribution is 6.29. The molecule has 0 radical (unpaired) electrons. The minimum absolute atomic E-state index is 0.0153. The van der Waals surface area contributed by atoms with Crippen LogP contribution in [-0.2, 0) is 11.3 Å². The third kappa shape index (κ3) is 5.91. The topological polar surface area (TPSA) is 78.9 Å². The van der Waals surface area contributed by atoms with Crippen LogP contribution < -0.4 is 16.0 Å². The highest BCUT2D eigenvalue weighted by atomic mass is 35.5. The van der Waals surface area contributed by atoms with E-state index in [4.69, 9.17) is 16.6 Å². The molecule has 2 aromatic heterocycles. The van der Waals surface area contributed by atoms with Gasteiger partial charge in [-0.05, 0) is 48.6 Å². The van der Waals surface area contributed by atoms with E-state index in [2.05, 4.69) is 41.7 Å². The zero-order valence-corrected chi connectivity index (χ0v) is 17.4. The van der Waals surface area contributed by atoms with E-state index in [-0.39, 0.29) is 17.4 Å². The molecule has 3 heterocycles. The molecule has 2 aromatic rings. The van der Waals surface area contributed by atoms with Gasteiger partial charge in [-0.25, -0.2) is 9.97 Å². The molecule has 0 saturated carbocycles. The van der Waals surface area contributed by atoms with Crippen LogP contribution in [0.1, 0.15) is 57.3 Å². The number of rotatable bonds is 6. The van der Waals surface area contributed by atoms with E-state index in [0.717, 1.165) is 42.1 Å². The molecule has 0 aromatic carbocycles. The Morgan fingerprint density at radius 3 is 2.75 bits per heavy atom. The third-order valence-electron chi connectivity index (χ3n) is 4.54. The van der Waals surface area contributed by atoms with Gasteiger partial charge in [-0.3, -0.25) is 4.79 Å². The Kier molecular flexibility index (Phi) is 6.52. The molecule has 1 aliphatic rings. The van der Waals surface area contributed by atoms with E-state index >= 15 is 0 Å². The molecular weight excluding hydrogens is 374 g/mol. The third-order valence-corrected chi connectivity index (χ3v) is 4.77. The maximum absolute atomic E-state index is 12.4. The monoisotopic (exact) mass is 401 g/mol. The van der Waals surface area contributed by atoms with Crippen molar-refractivity contribution >= 4 is 29.0 Å². The Bertz CT molecular complexity index is 811. The minimum Gasteiger partial charge on any atom is -0.366 e. The van der Waals surface area contributed by atoms with E-state index in [0.29, 0.717) is 18.1 Å². The Hall–Kier alpha value is -2.18. The van der Waals surface area contributed by atoms with Gasteiger partial charge < -0.3 is 16.0 Å². The van der Waals surface area contributed by atoms with Crippen molar-refractivity contribution in [3.05, 3.63) is 46.9 Å². The molecule has 1 unspecified atom stereocenters. The highest BCUT2D eigenvalue weighted by Gasteiger charge is 2.23. The van der Waals surface area contributed by atoms with Crippen molar-refractivity contribution in [2.24, 2.45) is 5.41 Å². The number of nitrogens with zero attached hydrogens (tertiary/aromatic N) is 2. The Morgan fingerprint density at radius 2 is 2.11 bits per heavy atom. The zero-order chi connectivity index (χ0) is 20.1. The fraction of sp³-hybridized carbons (Fsp3) is 0.476. The quantitative estimate of drug-likeness (QED) is 0.619. The van der Waals surface area contributed by atoms with Crippen molar-refractivity contribution in [3.63, 3.8) is 0 Å². The summed E-state index contributed by atoms with van der Waals surface area (Å²) in [4.78, 5) is 21.3. The van der Waals surface area contributed by atoms with Crippen LogP contribution in [0.15, 0.2) is 30.5 Å². The normalized spacial score (nSPS) is 16.8. The first-order valence-electron chi connectivity index (χ1n) is 9.69. The summed E-state index contributed by atoms with van der Waals surface area (Å²) in [6, 6.07) is 7.69. The molecule has 150 valence electrons. The van der Waals surface area contributed by atoms with E-state index in [1.54, 1.807) is 12.3 Å². The number of carbonyl (C=O) groups excluding carboxylic acids is 1. The van der Waals surface area contributed by atoms with E-state index in [9.17, 15) is 4.79 Å². The van der Waals surface area contributed by atoms with Crippen molar-refractivity contribution in [2.45, 2.75) is 52.6 Å². The Labute approximate surface area is 171 Å². The molecule has 28 heavy (non-hydrogen) atoms. The SMILES string of the molecule is CC(C)(C)CC(=O)Nc1ccc(NCc2ccc(Cl)nc2)nc1C1CCCN1. The number of hydrogen-bond acceptors (Lipinski definition) is 5. The van der Waals surface area contributed by atoms with Gasteiger partial charge in [0, 0.05) is 19.2 Å². The zero-order valence-electron chi connectivity index (χ0n) is 16.7. The second kappa shape index (κ2) is 8.88. The number of carbonyl (C=O) groups is 1. The fourth-order valence-corrected chi connectivity index (χ4v) is 3.35. The first kappa shape index (κ1) is 20.6. The molecule has 1 aliphatic heterocycles. The summed E-state index contributed by atoms with van der Waals surface area (Å²) < 4.78 is 0. The maximum Gasteiger partial charge on any atom is 0.224 e. The summed E-state index contributed by atoms with van der Waals surface area (Å²) in [5.74, 6) is 0.786. The molecule has 7 heteroatoms. The molecule has 0 aliphatic carbocycles. The van der Waals surface area contributed by atoms with Gasteiger partial charge >= 0.3 is 0 Å². The van der Waals surface area contributed by atoms with Crippen molar-refractivity contribution in [1.82, 2.24) is 15.3 Å². The smallest absolute Gasteiger partial charge is 0.224 e. The number of pyridine rings is 2. The summed E-state index contributed by atoms with van der Waals surface area (Å²) in [6.45, 7) is 7.75. The second-order valence-electron chi connectivity index (χ2n) is 8.41. The number of aromatic nitrogens is 2. The predicted molar refractivity (Wildman–Crippen MR) is 113 cm³/mol. The van der Waals surface area contributed by atoms with E-state index < -0.39 is 0 Å². The van der Waals surface area contributed by atoms with Gasteiger partial charge in [0.1, 0.15) is 11.0 Å². The maximum atomic E-state index is 12.4. The number of nitrogens with one attached hydrogen (secondary N) is 3. The van der Waals surface area contributed by atoms with Gasteiger partial charge in [-0.2, -0.15) is 0 Å². The molecule has 1 saturated heterocycles. The molecular formula is C21H28ClN5O. The summed E-state index contributed by atoms with van der Waals surface area (Å²) in [6.07, 6.45) is 4.33. The summed E-state index contributed by atoms with van der Waals surface area (Å²) in [5, 5.41) is 10.3. The van der Waals surface area contributed by atoms with Crippen LogP contribution in [0.4, 0.5) is 11.5 Å². The molecule has 3 N–H and O–H groups in total. The van der Waals surface area contributed by atoms with Gasteiger partial charge in [0.15, 0.2) is 0 Å². The molecule has 6 nitrogen and oxygen atoms in total. The summed E-state index contributed by atoms with van der Waals surface area (Å²) in [5.41, 5.74) is 2.64. The molecule has 1 amide bonds. The fourth-order valence-electron chi connectivity index (χ4n) is 3.24. The minimum atomic E-state index is -0.0581. The Balaban J connectivity index is 1.75. The lowest BCUT2D eigenvalue weighted by molar-refractivity contribution is -0.117. The van der Waals surface area contributed by atoms with Crippen molar-refractivity contribution in [1.29, 1.82) is 0 Å². The number of anilines is 2. The average Bonchev–Trinajstić information content (AvgIpc) is 3.15. The van der Waals surface area contributed by atoms with Crippen molar-refractivity contribution < 1.29 is 4.79 Å². The van der Waals surface area contributed by atoms with Crippen LogP contribution in [0.25, 0.3) is 0 Å². The van der Waals surface area contributed by atoms with Crippen molar-refractivity contribution in [2.75, 3.05) is 17.2 Å². The second-order valence-corrected chi connectivity index (χ2v) is 8.79.